The van der Waals surface area contributed by atoms with Crippen molar-refractivity contribution in [3.8, 4) is 11.1 Å². The van der Waals surface area contributed by atoms with Crippen LogP contribution in [0.3, 0.4) is 0 Å². The summed E-state index contributed by atoms with van der Waals surface area (Å²) in [6, 6.07) is 16.3. The molecule has 0 saturated heterocycles. The van der Waals surface area contributed by atoms with E-state index >= 15 is 0 Å². The molecule has 35 heavy (non-hydrogen) atoms. The lowest BCUT2D eigenvalue weighted by atomic mass is 9.74. The number of carbonyl (C=O) groups is 3. The number of carbonyl (C=O) groups excluding carboxylic acids is 2. The number of aliphatic carboxylic acids is 1. The molecule has 0 spiro atoms. The van der Waals surface area contributed by atoms with Crippen molar-refractivity contribution < 1.29 is 24.2 Å². The highest BCUT2D eigenvalue weighted by atomic mass is 16.5. The molecule has 0 heterocycles. The van der Waals surface area contributed by atoms with Gasteiger partial charge in [0.15, 0.2) is 0 Å². The van der Waals surface area contributed by atoms with Crippen LogP contribution in [0.5, 0.6) is 0 Å². The molecule has 0 aliphatic heterocycles. The summed E-state index contributed by atoms with van der Waals surface area (Å²) in [6.45, 7) is 2.48. The molecule has 4 rings (SSSR count). The molecule has 2 aromatic carbocycles. The van der Waals surface area contributed by atoms with E-state index < -0.39 is 17.5 Å². The van der Waals surface area contributed by atoms with Gasteiger partial charge in [0.2, 0.25) is 5.91 Å². The van der Waals surface area contributed by atoms with Gasteiger partial charge in [-0.2, -0.15) is 0 Å². The molecule has 2 amide bonds. The Balaban J connectivity index is 1.21. The Kier molecular flexibility index (Phi) is 7.73. The predicted octanol–water partition coefficient (Wildman–Crippen LogP) is 4.70. The van der Waals surface area contributed by atoms with Crippen molar-refractivity contribution in [1.82, 2.24) is 10.6 Å². The minimum atomic E-state index is -0.854. The number of rotatable bonds is 9. The van der Waals surface area contributed by atoms with Gasteiger partial charge in [-0.1, -0.05) is 74.7 Å². The second kappa shape index (κ2) is 10.9. The van der Waals surface area contributed by atoms with Gasteiger partial charge in [-0.15, -0.1) is 0 Å². The van der Waals surface area contributed by atoms with Crippen molar-refractivity contribution in [2.45, 2.75) is 51.4 Å². The summed E-state index contributed by atoms with van der Waals surface area (Å²) in [5, 5.41) is 15.2. The maximum absolute atomic E-state index is 12.5. The summed E-state index contributed by atoms with van der Waals surface area (Å²) < 4.78 is 5.53. The van der Waals surface area contributed by atoms with Crippen LogP contribution in [0, 0.1) is 11.3 Å². The fourth-order valence-corrected chi connectivity index (χ4v) is 5.30. The van der Waals surface area contributed by atoms with Crippen molar-refractivity contribution in [1.29, 1.82) is 0 Å². The van der Waals surface area contributed by atoms with Crippen LogP contribution in [0.15, 0.2) is 48.5 Å². The molecule has 1 unspecified atom stereocenters. The summed E-state index contributed by atoms with van der Waals surface area (Å²) in [5.41, 5.74) is 3.81. The molecule has 7 nitrogen and oxygen atoms in total. The monoisotopic (exact) mass is 478 g/mol. The molecule has 1 saturated carbocycles. The molecule has 3 N–H and O–H groups in total. The highest BCUT2D eigenvalue weighted by Crippen LogP contribution is 2.44. The number of amides is 2. The third-order valence-electron chi connectivity index (χ3n) is 7.50. The van der Waals surface area contributed by atoms with Gasteiger partial charge in [0.1, 0.15) is 6.61 Å². The van der Waals surface area contributed by atoms with E-state index in [-0.39, 0.29) is 30.9 Å². The minimum Gasteiger partial charge on any atom is -0.481 e. The first-order chi connectivity index (χ1) is 16.9. The fraction of sp³-hybridized carbons (Fsp3) is 0.464. The van der Waals surface area contributed by atoms with Crippen LogP contribution in [0.2, 0.25) is 0 Å². The Hall–Kier alpha value is -3.35. The molecule has 2 aliphatic carbocycles. The van der Waals surface area contributed by atoms with Crippen molar-refractivity contribution in [3.63, 3.8) is 0 Å². The molecule has 0 radical (unpaired) electrons. The van der Waals surface area contributed by atoms with Gasteiger partial charge in [0.25, 0.3) is 0 Å². The van der Waals surface area contributed by atoms with Crippen LogP contribution in [0.4, 0.5) is 4.79 Å². The van der Waals surface area contributed by atoms with E-state index in [1.54, 1.807) is 6.92 Å². The third kappa shape index (κ3) is 5.50. The lowest BCUT2D eigenvalue weighted by molar-refractivity contribution is -0.151. The van der Waals surface area contributed by atoms with Crippen molar-refractivity contribution in [3.05, 3.63) is 59.7 Å². The van der Waals surface area contributed by atoms with Gasteiger partial charge in [-0.3, -0.25) is 9.59 Å². The molecule has 1 atom stereocenters. The molecule has 0 aromatic heterocycles. The minimum absolute atomic E-state index is 0.000746. The second-order valence-electron chi connectivity index (χ2n) is 9.81. The molecular formula is C28H34N2O5. The Morgan fingerprint density at radius 2 is 1.57 bits per heavy atom. The number of nitrogens with one attached hydrogen (secondary N) is 2. The molecule has 1 fully saturated rings. The summed E-state index contributed by atoms with van der Waals surface area (Å²) in [7, 11) is 0. The van der Waals surface area contributed by atoms with Crippen LogP contribution in [-0.4, -0.2) is 42.8 Å². The molecule has 186 valence electrons. The van der Waals surface area contributed by atoms with Gasteiger partial charge in [0, 0.05) is 24.9 Å². The van der Waals surface area contributed by atoms with Gasteiger partial charge in [-0.25, -0.2) is 4.79 Å². The number of fused-ring (bicyclic) bond motifs is 3. The Labute approximate surface area is 206 Å². The zero-order valence-corrected chi connectivity index (χ0v) is 20.2. The number of hydrogen-bond acceptors (Lipinski definition) is 4. The normalized spacial score (nSPS) is 17.1. The summed E-state index contributed by atoms with van der Waals surface area (Å²) in [6.07, 6.45) is 3.92. The Morgan fingerprint density at radius 1 is 0.971 bits per heavy atom. The molecule has 2 aromatic rings. The second-order valence-corrected chi connectivity index (χ2v) is 9.81. The first kappa shape index (κ1) is 24.8. The van der Waals surface area contributed by atoms with Crippen molar-refractivity contribution >= 4 is 18.0 Å². The van der Waals surface area contributed by atoms with E-state index in [9.17, 15) is 19.5 Å². The Bertz CT molecular complexity index is 1030. The van der Waals surface area contributed by atoms with E-state index in [4.69, 9.17) is 4.74 Å². The predicted molar refractivity (Wildman–Crippen MR) is 133 cm³/mol. The van der Waals surface area contributed by atoms with Crippen molar-refractivity contribution in [2.75, 3.05) is 19.7 Å². The number of ether oxygens (including phenoxy) is 1. The van der Waals surface area contributed by atoms with Gasteiger partial charge >= 0.3 is 12.1 Å². The smallest absolute Gasteiger partial charge is 0.407 e. The maximum Gasteiger partial charge on any atom is 0.407 e. The van der Waals surface area contributed by atoms with Crippen LogP contribution >= 0.6 is 0 Å². The Morgan fingerprint density at radius 3 is 2.17 bits per heavy atom. The summed E-state index contributed by atoms with van der Waals surface area (Å²) in [5.74, 6) is -1.37. The first-order valence-electron chi connectivity index (χ1n) is 12.5. The topological polar surface area (TPSA) is 105 Å². The number of alkyl carbamates (subject to hydrolysis) is 1. The SMILES string of the molecule is CC(CCNC(=O)OCC1c2ccccc2-c2ccccc21)C(=O)NCC1(C(=O)O)CCCCC1. The van der Waals surface area contributed by atoms with Crippen LogP contribution in [0.25, 0.3) is 11.1 Å². The standard InChI is InChI=1S/C28H34N2O5/c1-19(25(31)30-18-28(26(32)33)14-7-2-8-15-28)13-16-29-27(34)35-17-24-22-11-5-3-9-20(22)21-10-4-6-12-23(21)24/h3-6,9-12,19,24H,2,7-8,13-18H2,1H3,(H,29,34)(H,30,31)(H,32,33). The van der Waals surface area contributed by atoms with Crippen LogP contribution in [0.1, 0.15) is 62.5 Å². The maximum atomic E-state index is 12.5. The van der Waals surface area contributed by atoms with E-state index in [1.807, 2.05) is 24.3 Å². The van der Waals surface area contributed by atoms with Crippen LogP contribution in [-0.2, 0) is 14.3 Å². The number of carboxylic acids is 1. The van der Waals surface area contributed by atoms with E-state index in [1.165, 1.54) is 11.1 Å². The van der Waals surface area contributed by atoms with Crippen molar-refractivity contribution in [2.24, 2.45) is 11.3 Å². The van der Waals surface area contributed by atoms with Crippen LogP contribution < -0.4 is 10.6 Å². The van der Waals surface area contributed by atoms with Gasteiger partial charge in [-0.05, 0) is 41.5 Å². The highest BCUT2D eigenvalue weighted by Gasteiger charge is 2.40. The largest absolute Gasteiger partial charge is 0.481 e. The number of benzene rings is 2. The summed E-state index contributed by atoms with van der Waals surface area (Å²) >= 11 is 0. The van der Waals surface area contributed by atoms with E-state index in [2.05, 4.69) is 34.9 Å². The zero-order valence-electron chi connectivity index (χ0n) is 20.2. The third-order valence-corrected chi connectivity index (χ3v) is 7.50. The zero-order chi connectivity index (χ0) is 24.8. The van der Waals surface area contributed by atoms with Gasteiger partial charge in [0.05, 0.1) is 5.41 Å². The first-order valence-corrected chi connectivity index (χ1v) is 12.5. The molecule has 2 aliphatic rings. The molecule has 7 heteroatoms. The average Bonchev–Trinajstić information content (AvgIpc) is 3.20. The summed E-state index contributed by atoms with van der Waals surface area (Å²) in [4.78, 5) is 36.6. The lowest BCUT2D eigenvalue weighted by Crippen LogP contribution is -2.45. The molecular weight excluding hydrogens is 444 g/mol. The highest BCUT2D eigenvalue weighted by molar-refractivity contribution is 5.81. The quantitative estimate of drug-likeness (QED) is 0.484. The lowest BCUT2D eigenvalue weighted by Gasteiger charge is -2.33. The number of hydrogen-bond donors (Lipinski definition) is 3. The number of carboxylic acid groups (broad SMARTS) is 1. The van der Waals surface area contributed by atoms with E-state index in [0.717, 1.165) is 30.4 Å². The average molecular weight is 479 g/mol. The fourth-order valence-electron chi connectivity index (χ4n) is 5.30. The molecule has 0 bridgehead atoms. The van der Waals surface area contributed by atoms with E-state index in [0.29, 0.717) is 25.8 Å². The van der Waals surface area contributed by atoms with Gasteiger partial charge < -0.3 is 20.5 Å².